The minimum absolute atomic E-state index is 0.129. The second-order valence-electron chi connectivity index (χ2n) is 5.38. The Bertz CT molecular complexity index is 579. The number of hydrogen-bond acceptors (Lipinski definition) is 2. The van der Waals surface area contributed by atoms with E-state index in [4.69, 9.17) is 4.74 Å². The van der Waals surface area contributed by atoms with E-state index < -0.39 is 0 Å². The molecular weight excluding hydrogens is 262 g/mol. The van der Waals surface area contributed by atoms with Crippen LogP contribution in [0.5, 0.6) is 5.75 Å². The van der Waals surface area contributed by atoms with Crippen LogP contribution in [0.1, 0.15) is 30.6 Å². The average Bonchev–Trinajstić information content (AvgIpc) is 2.48. The molecule has 0 fully saturated rings. The third-order valence-electron chi connectivity index (χ3n) is 3.09. The molecule has 0 heterocycles. The molecule has 0 radical (unpaired) electrons. The Morgan fingerprint density at radius 3 is 2.57 bits per heavy atom. The van der Waals surface area contributed by atoms with Crippen LogP contribution in [0.3, 0.4) is 0 Å². The van der Waals surface area contributed by atoms with Gasteiger partial charge in [-0.2, -0.15) is 0 Å². The molecule has 0 saturated carbocycles. The summed E-state index contributed by atoms with van der Waals surface area (Å²) in [5.41, 5.74) is 1.38. The standard InChI is InChI=1S/C18H21NO2/c1-14(2)11-12-21-17-10-6-7-15(13-17)18(20)19-16-8-4-3-5-9-16/h3-10,13-14H,11-12H2,1-2H3,(H,19,20). The molecule has 0 atom stereocenters. The maximum absolute atomic E-state index is 12.2. The molecule has 0 aromatic heterocycles. The van der Waals surface area contributed by atoms with Crippen molar-refractivity contribution in [1.29, 1.82) is 0 Å². The summed E-state index contributed by atoms with van der Waals surface area (Å²) in [6, 6.07) is 16.7. The van der Waals surface area contributed by atoms with E-state index in [-0.39, 0.29) is 5.91 Å². The zero-order valence-corrected chi connectivity index (χ0v) is 12.5. The zero-order valence-electron chi connectivity index (χ0n) is 12.5. The first-order chi connectivity index (χ1) is 10.1. The molecule has 2 aromatic rings. The Balaban J connectivity index is 1.98. The fourth-order valence-electron chi connectivity index (χ4n) is 1.86. The van der Waals surface area contributed by atoms with Gasteiger partial charge in [-0.05, 0) is 42.7 Å². The maximum atomic E-state index is 12.2. The van der Waals surface area contributed by atoms with Crippen molar-refractivity contribution in [3.05, 3.63) is 60.2 Å². The summed E-state index contributed by atoms with van der Waals surface area (Å²) in [7, 11) is 0. The van der Waals surface area contributed by atoms with Gasteiger partial charge in [-0.25, -0.2) is 0 Å². The topological polar surface area (TPSA) is 38.3 Å². The van der Waals surface area contributed by atoms with Crippen molar-refractivity contribution in [3.63, 3.8) is 0 Å². The van der Waals surface area contributed by atoms with Crippen molar-refractivity contribution in [1.82, 2.24) is 0 Å². The summed E-state index contributed by atoms with van der Waals surface area (Å²) in [6.07, 6.45) is 1.00. The molecule has 2 rings (SSSR count). The van der Waals surface area contributed by atoms with Crippen molar-refractivity contribution in [3.8, 4) is 5.75 Å². The van der Waals surface area contributed by atoms with Crippen molar-refractivity contribution in [2.45, 2.75) is 20.3 Å². The van der Waals surface area contributed by atoms with Gasteiger partial charge in [-0.1, -0.05) is 38.1 Å². The number of nitrogens with one attached hydrogen (secondary N) is 1. The summed E-state index contributed by atoms with van der Waals surface area (Å²) in [4.78, 5) is 12.2. The van der Waals surface area contributed by atoms with Crippen molar-refractivity contribution < 1.29 is 9.53 Å². The Morgan fingerprint density at radius 1 is 1.10 bits per heavy atom. The zero-order chi connectivity index (χ0) is 15.1. The smallest absolute Gasteiger partial charge is 0.255 e. The molecule has 1 N–H and O–H groups in total. The minimum Gasteiger partial charge on any atom is -0.494 e. The predicted molar refractivity (Wildman–Crippen MR) is 85.8 cm³/mol. The summed E-state index contributed by atoms with van der Waals surface area (Å²) in [5.74, 6) is 1.21. The second kappa shape index (κ2) is 7.48. The lowest BCUT2D eigenvalue weighted by molar-refractivity contribution is 0.102. The average molecular weight is 283 g/mol. The molecule has 2 aromatic carbocycles. The number of anilines is 1. The van der Waals surface area contributed by atoms with Crippen LogP contribution >= 0.6 is 0 Å². The molecule has 3 nitrogen and oxygen atoms in total. The summed E-state index contributed by atoms with van der Waals surface area (Å²) in [6.45, 7) is 4.99. The third-order valence-corrected chi connectivity index (χ3v) is 3.09. The second-order valence-corrected chi connectivity index (χ2v) is 5.38. The first-order valence-electron chi connectivity index (χ1n) is 7.24. The van der Waals surface area contributed by atoms with E-state index in [0.717, 1.165) is 17.9 Å². The molecule has 21 heavy (non-hydrogen) atoms. The number of amides is 1. The third kappa shape index (κ3) is 4.95. The Hall–Kier alpha value is -2.29. The number of rotatable bonds is 6. The first kappa shape index (κ1) is 15.1. The lowest BCUT2D eigenvalue weighted by atomic mass is 10.1. The largest absolute Gasteiger partial charge is 0.494 e. The molecule has 0 bridgehead atoms. The minimum atomic E-state index is -0.129. The first-order valence-corrected chi connectivity index (χ1v) is 7.24. The summed E-state index contributed by atoms with van der Waals surface area (Å²) < 4.78 is 5.68. The van der Waals surface area contributed by atoms with Gasteiger partial charge < -0.3 is 10.1 Å². The SMILES string of the molecule is CC(C)CCOc1cccc(C(=O)Nc2ccccc2)c1. The number of hydrogen-bond donors (Lipinski definition) is 1. The van der Waals surface area contributed by atoms with E-state index in [1.807, 2.05) is 42.5 Å². The van der Waals surface area contributed by atoms with E-state index in [9.17, 15) is 4.79 Å². The Labute approximate surface area is 126 Å². The molecular formula is C18H21NO2. The molecule has 0 spiro atoms. The lowest BCUT2D eigenvalue weighted by Gasteiger charge is -2.10. The Kier molecular flexibility index (Phi) is 5.38. The molecule has 3 heteroatoms. The highest BCUT2D eigenvalue weighted by Crippen LogP contribution is 2.16. The molecule has 0 aliphatic carbocycles. The van der Waals surface area contributed by atoms with Gasteiger partial charge in [0.15, 0.2) is 0 Å². The summed E-state index contributed by atoms with van der Waals surface area (Å²) in [5, 5.41) is 2.87. The molecule has 110 valence electrons. The molecule has 0 aliphatic heterocycles. The quantitative estimate of drug-likeness (QED) is 0.855. The van der Waals surface area contributed by atoms with E-state index in [0.29, 0.717) is 18.1 Å². The number of carbonyl (C=O) groups is 1. The highest BCUT2D eigenvalue weighted by atomic mass is 16.5. The molecule has 0 aliphatic rings. The van der Waals surface area contributed by atoms with Crippen LogP contribution in [0.25, 0.3) is 0 Å². The van der Waals surface area contributed by atoms with Crippen LogP contribution in [-0.2, 0) is 0 Å². The molecule has 0 saturated heterocycles. The van der Waals surface area contributed by atoms with Crippen molar-refractivity contribution in [2.75, 3.05) is 11.9 Å². The molecule has 1 amide bonds. The normalized spacial score (nSPS) is 10.4. The van der Waals surface area contributed by atoms with Crippen molar-refractivity contribution >= 4 is 11.6 Å². The highest BCUT2D eigenvalue weighted by molar-refractivity contribution is 6.04. The van der Waals surface area contributed by atoms with Crippen LogP contribution < -0.4 is 10.1 Å². The summed E-state index contributed by atoms with van der Waals surface area (Å²) >= 11 is 0. The van der Waals surface area contributed by atoms with Gasteiger partial charge in [0, 0.05) is 11.3 Å². The van der Waals surface area contributed by atoms with Gasteiger partial charge >= 0.3 is 0 Å². The van der Waals surface area contributed by atoms with Gasteiger partial charge in [0.2, 0.25) is 0 Å². The van der Waals surface area contributed by atoms with Crippen LogP contribution in [0.15, 0.2) is 54.6 Å². The monoisotopic (exact) mass is 283 g/mol. The number of benzene rings is 2. The highest BCUT2D eigenvalue weighted by Gasteiger charge is 2.07. The molecule has 0 unspecified atom stereocenters. The van der Waals surface area contributed by atoms with Crippen LogP contribution in [0, 0.1) is 5.92 Å². The number of para-hydroxylation sites is 1. The van der Waals surface area contributed by atoms with Gasteiger partial charge in [0.25, 0.3) is 5.91 Å². The lowest BCUT2D eigenvalue weighted by Crippen LogP contribution is -2.12. The number of ether oxygens (including phenoxy) is 1. The van der Waals surface area contributed by atoms with Crippen LogP contribution in [-0.4, -0.2) is 12.5 Å². The fourth-order valence-corrected chi connectivity index (χ4v) is 1.86. The van der Waals surface area contributed by atoms with Gasteiger partial charge in [-0.3, -0.25) is 4.79 Å². The van der Waals surface area contributed by atoms with Crippen molar-refractivity contribution in [2.24, 2.45) is 5.92 Å². The van der Waals surface area contributed by atoms with Gasteiger partial charge in [0.05, 0.1) is 6.61 Å². The van der Waals surface area contributed by atoms with Crippen LogP contribution in [0.2, 0.25) is 0 Å². The predicted octanol–water partition coefficient (Wildman–Crippen LogP) is 4.36. The maximum Gasteiger partial charge on any atom is 0.255 e. The number of carbonyl (C=O) groups excluding carboxylic acids is 1. The Morgan fingerprint density at radius 2 is 1.86 bits per heavy atom. The van der Waals surface area contributed by atoms with E-state index in [1.54, 1.807) is 12.1 Å². The van der Waals surface area contributed by atoms with E-state index in [1.165, 1.54) is 0 Å². The van der Waals surface area contributed by atoms with Crippen LogP contribution in [0.4, 0.5) is 5.69 Å². The fraction of sp³-hybridized carbons (Fsp3) is 0.278. The van der Waals surface area contributed by atoms with Gasteiger partial charge in [-0.15, -0.1) is 0 Å². The van der Waals surface area contributed by atoms with E-state index >= 15 is 0 Å². The van der Waals surface area contributed by atoms with Gasteiger partial charge in [0.1, 0.15) is 5.75 Å². The van der Waals surface area contributed by atoms with E-state index in [2.05, 4.69) is 19.2 Å².